The Balaban J connectivity index is 1.93. The van der Waals surface area contributed by atoms with Crippen molar-refractivity contribution >= 4 is 35.0 Å². The number of hydrogen-bond donors (Lipinski definition) is 1. The summed E-state index contributed by atoms with van der Waals surface area (Å²) in [6.07, 6.45) is 5.74. The third-order valence-electron chi connectivity index (χ3n) is 5.83. The fraction of sp³-hybridized carbons (Fsp3) is 0.440. The number of hydrogen-bond acceptors (Lipinski definition) is 2. The zero-order chi connectivity index (χ0) is 22.2. The first-order valence-corrected chi connectivity index (χ1v) is 11.8. The monoisotopic (exact) mass is 460 g/mol. The van der Waals surface area contributed by atoms with E-state index in [1.807, 2.05) is 37.3 Å². The van der Waals surface area contributed by atoms with Gasteiger partial charge in [-0.3, -0.25) is 9.59 Å². The molecule has 1 fully saturated rings. The van der Waals surface area contributed by atoms with Gasteiger partial charge in [0.2, 0.25) is 11.8 Å². The van der Waals surface area contributed by atoms with Crippen LogP contribution in [0.1, 0.15) is 56.6 Å². The summed E-state index contributed by atoms with van der Waals surface area (Å²) in [5, 5.41) is 4.19. The Kier molecular flexibility index (Phi) is 8.79. The second-order valence-corrected chi connectivity index (χ2v) is 8.98. The molecule has 3 rings (SSSR count). The van der Waals surface area contributed by atoms with Crippen LogP contribution in [0, 0.1) is 0 Å². The Morgan fingerprint density at radius 3 is 2.29 bits per heavy atom. The van der Waals surface area contributed by atoms with E-state index in [9.17, 15) is 9.59 Å². The Labute approximate surface area is 194 Å². The van der Waals surface area contributed by atoms with Crippen molar-refractivity contribution < 1.29 is 9.59 Å². The number of amides is 2. The first-order chi connectivity index (χ1) is 15.0. The molecule has 1 atom stereocenters. The standard InChI is InChI=1S/C25H30Cl2N2O2/c1-2-9-24(30)29(17-20-21(26)14-8-15-22(20)27)23(16-18-10-4-3-5-11-18)25(31)28-19-12-6-7-13-19/h3-5,8,10-11,14-15,19,23H,2,6-7,9,12-13,16-17H2,1H3,(H,28,31)/t23-/m1/s1. The van der Waals surface area contributed by atoms with Gasteiger partial charge in [0.1, 0.15) is 6.04 Å². The minimum atomic E-state index is -0.630. The number of nitrogens with zero attached hydrogens (tertiary/aromatic N) is 1. The van der Waals surface area contributed by atoms with Crippen LogP contribution >= 0.6 is 23.2 Å². The first-order valence-electron chi connectivity index (χ1n) is 11.1. The normalized spacial score (nSPS) is 14.9. The third-order valence-corrected chi connectivity index (χ3v) is 6.53. The molecule has 0 radical (unpaired) electrons. The Hall–Kier alpha value is -2.04. The van der Waals surface area contributed by atoms with E-state index in [2.05, 4.69) is 5.32 Å². The van der Waals surface area contributed by atoms with Gasteiger partial charge in [0.15, 0.2) is 0 Å². The number of nitrogens with one attached hydrogen (secondary N) is 1. The molecular weight excluding hydrogens is 431 g/mol. The second kappa shape index (κ2) is 11.5. The lowest BCUT2D eigenvalue weighted by Crippen LogP contribution is -2.52. The van der Waals surface area contributed by atoms with Gasteiger partial charge in [-0.2, -0.15) is 0 Å². The molecule has 1 aliphatic rings. The van der Waals surface area contributed by atoms with E-state index in [1.54, 1.807) is 23.1 Å². The van der Waals surface area contributed by atoms with Gasteiger partial charge >= 0.3 is 0 Å². The summed E-state index contributed by atoms with van der Waals surface area (Å²) in [7, 11) is 0. The fourth-order valence-corrected chi connectivity index (χ4v) is 4.65. The summed E-state index contributed by atoms with van der Waals surface area (Å²) < 4.78 is 0. The molecule has 0 unspecified atom stereocenters. The maximum absolute atomic E-state index is 13.4. The fourth-order valence-electron chi connectivity index (χ4n) is 4.13. The number of halogens is 2. The van der Waals surface area contributed by atoms with E-state index in [-0.39, 0.29) is 24.4 Å². The minimum absolute atomic E-state index is 0.0685. The van der Waals surface area contributed by atoms with Crippen molar-refractivity contribution in [3.63, 3.8) is 0 Å². The van der Waals surface area contributed by atoms with Crippen LogP contribution in [0.5, 0.6) is 0 Å². The van der Waals surface area contributed by atoms with Gasteiger partial charge in [-0.1, -0.05) is 79.4 Å². The summed E-state index contributed by atoms with van der Waals surface area (Å²) in [4.78, 5) is 28.3. The van der Waals surface area contributed by atoms with Crippen molar-refractivity contribution in [3.8, 4) is 0 Å². The summed E-state index contributed by atoms with van der Waals surface area (Å²) in [5.41, 5.74) is 1.68. The van der Waals surface area contributed by atoms with Gasteiger partial charge in [-0.15, -0.1) is 0 Å². The smallest absolute Gasteiger partial charge is 0.243 e. The van der Waals surface area contributed by atoms with Crippen LogP contribution in [-0.4, -0.2) is 28.8 Å². The van der Waals surface area contributed by atoms with E-state index in [1.165, 1.54) is 0 Å². The topological polar surface area (TPSA) is 49.4 Å². The van der Waals surface area contributed by atoms with Crippen molar-refractivity contribution in [3.05, 3.63) is 69.7 Å². The molecule has 1 N–H and O–H groups in total. The molecule has 0 spiro atoms. The van der Waals surface area contributed by atoms with Crippen molar-refractivity contribution in [1.29, 1.82) is 0 Å². The number of carbonyl (C=O) groups excluding carboxylic acids is 2. The summed E-state index contributed by atoms with van der Waals surface area (Å²) in [6, 6.07) is 14.7. The SMILES string of the molecule is CCCC(=O)N(Cc1c(Cl)cccc1Cl)[C@H](Cc1ccccc1)C(=O)NC1CCCC1. The van der Waals surface area contributed by atoms with Crippen molar-refractivity contribution in [2.24, 2.45) is 0 Å². The molecule has 1 saturated carbocycles. The van der Waals surface area contributed by atoms with Crippen LogP contribution < -0.4 is 5.32 Å². The summed E-state index contributed by atoms with van der Waals surface area (Å²) >= 11 is 12.8. The van der Waals surface area contributed by atoms with Gasteiger partial charge < -0.3 is 10.2 Å². The molecule has 1 aliphatic carbocycles. The van der Waals surface area contributed by atoms with Crippen molar-refractivity contribution in [1.82, 2.24) is 10.2 Å². The quantitative estimate of drug-likeness (QED) is 0.514. The van der Waals surface area contributed by atoms with Gasteiger partial charge in [-0.25, -0.2) is 0 Å². The van der Waals surface area contributed by atoms with Crippen molar-refractivity contribution in [2.45, 2.75) is 70.5 Å². The lowest BCUT2D eigenvalue weighted by molar-refractivity contribution is -0.141. The molecule has 0 aromatic heterocycles. The predicted molar refractivity (Wildman–Crippen MR) is 126 cm³/mol. The largest absolute Gasteiger partial charge is 0.352 e. The van der Waals surface area contributed by atoms with E-state index in [0.29, 0.717) is 34.9 Å². The maximum Gasteiger partial charge on any atom is 0.243 e. The Morgan fingerprint density at radius 1 is 1.03 bits per heavy atom. The molecule has 166 valence electrons. The highest BCUT2D eigenvalue weighted by Gasteiger charge is 2.32. The molecule has 0 aliphatic heterocycles. The van der Waals surface area contributed by atoms with Gasteiger partial charge in [-0.05, 0) is 37.0 Å². The summed E-state index contributed by atoms with van der Waals surface area (Å²) in [5.74, 6) is -0.177. The Bertz CT molecular complexity index is 862. The van der Waals surface area contributed by atoms with Gasteiger partial charge in [0, 0.05) is 41.0 Å². The predicted octanol–water partition coefficient (Wildman–Crippen LogP) is 5.79. The highest BCUT2D eigenvalue weighted by Crippen LogP contribution is 2.28. The lowest BCUT2D eigenvalue weighted by Gasteiger charge is -2.33. The van der Waals surface area contributed by atoms with Crippen LogP contribution in [0.2, 0.25) is 10.0 Å². The molecule has 2 aromatic rings. The third kappa shape index (κ3) is 6.47. The minimum Gasteiger partial charge on any atom is -0.352 e. The lowest BCUT2D eigenvalue weighted by atomic mass is 10.0. The molecule has 31 heavy (non-hydrogen) atoms. The molecule has 6 heteroatoms. The zero-order valence-electron chi connectivity index (χ0n) is 17.9. The van der Waals surface area contributed by atoms with Crippen LogP contribution in [-0.2, 0) is 22.6 Å². The van der Waals surface area contributed by atoms with Gasteiger partial charge in [0.25, 0.3) is 0 Å². The molecule has 2 amide bonds. The van der Waals surface area contributed by atoms with Crippen molar-refractivity contribution in [2.75, 3.05) is 0 Å². The number of rotatable bonds is 9. The average molecular weight is 461 g/mol. The second-order valence-electron chi connectivity index (χ2n) is 8.17. The number of carbonyl (C=O) groups is 2. The maximum atomic E-state index is 13.4. The Morgan fingerprint density at radius 2 is 1.68 bits per heavy atom. The molecule has 0 bridgehead atoms. The zero-order valence-corrected chi connectivity index (χ0v) is 19.5. The van der Waals surface area contributed by atoms with Gasteiger partial charge in [0.05, 0.1) is 0 Å². The first kappa shape index (κ1) is 23.6. The van der Waals surface area contributed by atoms with Crippen LogP contribution in [0.15, 0.2) is 48.5 Å². The molecule has 0 saturated heterocycles. The van der Waals surface area contributed by atoms with E-state index in [4.69, 9.17) is 23.2 Å². The van der Waals surface area contributed by atoms with Crippen LogP contribution in [0.4, 0.5) is 0 Å². The highest BCUT2D eigenvalue weighted by atomic mass is 35.5. The van der Waals surface area contributed by atoms with Crippen LogP contribution in [0.3, 0.4) is 0 Å². The molecule has 0 heterocycles. The van der Waals surface area contributed by atoms with E-state index in [0.717, 1.165) is 31.2 Å². The molecule has 4 nitrogen and oxygen atoms in total. The number of benzene rings is 2. The van der Waals surface area contributed by atoms with E-state index < -0.39 is 6.04 Å². The highest BCUT2D eigenvalue weighted by molar-refractivity contribution is 6.36. The average Bonchev–Trinajstić information content (AvgIpc) is 3.26. The van der Waals surface area contributed by atoms with E-state index >= 15 is 0 Å². The van der Waals surface area contributed by atoms with Crippen LogP contribution in [0.25, 0.3) is 0 Å². The molecule has 2 aromatic carbocycles. The molecular formula is C25H30Cl2N2O2. The summed E-state index contributed by atoms with van der Waals surface area (Å²) in [6.45, 7) is 2.16.